The van der Waals surface area contributed by atoms with Crippen LogP contribution in [-0.2, 0) is 17.8 Å². The number of hydrogen-bond donors (Lipinski definition) is 0. The Morgan fingerprint density at radius 2 is 1.34 bits per heavy atom. The zero-order valence-corrected chi connectivity index (χ0v) is 22.2. The van der Waals surface area contributed by atoms with Crippen molar-refractivity contribution >= 4 is 24.8 Å². The first-order valence-corrected chi connectivity index (χ1v) is 12.1. The molecule has 0 N–H and O–H groups in total. The van der Waals surface area contributed by atoms with Crippen LogP contribution in [0.25, 0.3) is 0 Å². The van der Waals surface area contributed by atoms with Crippen molar-refractivity contribution in [1.82, 2.24) is 9.80 Å². The first-order chi connectivity index (χ1) is 16.3. The van der Waals surface area contributed by atoms with Crippen LogP contribution in [0, 0.1) is 6.92 Å². The Balaban J connectivity index is 0.00000216. The van der Waals surface area contributed by atoms with Gasteiger partial charge >= 0.3 is 0 Å². The average molecular weight is 518 g/mol. The highest BCUT2D eigenvalue weighted by Gasteiger charge is 2.16. The molecule has 1 heterocycles. The van der Waals surface area contributed by atoms with Gasteiger partial charge in [0.2, 0.25) is 0 Å². The van der Waals surface area contributed by atoms with Gasteiger partial charge in [0.05, 0.1) is 13.2 Å². The molecule has 0 aromatic heterocycles. The van der Waals surface area contributed by atoms with Crippen molar-refractivity contribution in [3.63, 3.8) is 0 Å². The Labute approximate surface area is 223 Å². The van der Waals surface area contributed by atoms with Crippen molar-refractivity contribution in [3.8, 4) is 11.5 Å². The molecule has 0 spiro atoms. The minimum absolute atomic E-state index is 0. The molecule has 0 aliphatic carbocycles. The molecule has 0 atom stereocenters. The predicted molar refractivity (Wildman–Crippen MR) is 149 cm³/mol. The molecule has 0 bridgehead atoms. The van der Waals surface area contributed by atoms with Gasteiger partial charge in [0.1, 0.15) is 11.5 Å². The number of halogens is 2. The number of rotatable bonds is 11. The largest absolute Gasteiger partial charge is 0.457 e. The van der Waals surface area contributed by atoms with E-state index >= 15 is 0 Å². The van der Waals surface area contributed by atoms with E-state index in [1.807, 2.05) is 48.5 Å². The highest BCUT2D eigenvalue weighted by Crippen LogP contribution is 2.25. The summed E-state index contributed by atoms with van der Waals surface area (Å²) in [5.74, 6) is 1.71. The maximum Gasteiger partial charge on any atom is 0.132 e. The summed E-state index contributed by atoms with van der Waals surface area (Å²) < 4.78 is 12.1. The van der Waals surface area contributed by atoms with Crippen LogP contribution in [0.4, 0.5) is 0 Å². The molecule has 1 saturated heterocycles. The zero-order chi connectivity index (χ0) is 22.7. The smallest absolute Gasteiger partial charge is 0.132 e. The monoisotopic (exact) mass is 516 g/mol. The number of ether oxygens (including phenoxy) is 2. The Kier molecular flexibility index (Phi) is 13.2. The fourth-order valence-electron chi connectivity index (χ4n) is 4.21. The molecule has 0 unspecified atom stereocenters. The van der Waals surface area contributed by atoms with Gasteiger partial charge in [-0.1, -0.05) is 66.2 Å². The second-order valence-electron chi connectivity index (χ2n) is 8.85. The molecule has 1 aliphatic heterocycles. The minimum atomic E-state index is 0. The summed E-state index contributed by atoms with van der Waals surface area (Å²) in [6.07, 6.45) is 2.40. The van der Waals surface area contributed by atoms with Gasteiger partial charge in [0.15, 0.2) is 0 Å². The molecule has 1 aliphatic rings. The molecule has 3 aromatic rings. The van der Waals surface area contributed by atoms with Crippen molar-refractivity contribution < 1.29 is 9.47 Å². The van der Waals surface area contributed by atoms with Gasteiger partial charge in [-0.05, 0) is 50.1 Å². The second-order valence-corrected chi connectivity index (χ2v) is 8.85. The van der Waals surface area contributed by atoms with Crippen molar-refractivity contribution in [1.29, 1.82) is 0 Å². The van der Waals surface area contributed by atoms with E-state index in [0.717, 1.165) is 56.4 Å². The van der Waals surface area contributed by atoms with Gasteiger partial charge in [0, 0.05) is 38.3 Å². The van der Waals surface area contributed by atoms with Crippen molar-refractivity contribution in [2.24, 2.45) is 0 Å². The topological polar surface area (TPSA) is 24.9 Å². The summed E-state index contributed by atoms with van der Waals surface area (Å²) in [5.41, 5.74) is 3.87. The third-order valence-electron chi connectivity index (χ3n) is 6.28. The van der Waals surface area contributed by atoms with E-state index in [0.29, 0.717) is 6.61 Å². The summed E-state index contributed by atoms with van der Waals surface area (Å²) in [5, 5.41) is 0. The molecule has 0 amide bonds. The molecule has 1 fully saturated rings. The quantitative estimate of drug-likeness (QED) is 0.275. The highest BCUT2D eigenvalue weighted by atomic mass is 35.5. The van der Waals surface area contributed by atoms with Crippen molar-refractivity contribution in [3.05, 3.63) is 95.6 Å². The number of benzene rings is 3. The Bertz CT molecular complexity index is 962. The molecule has 4 nitrogen and oxygen atoms in total. The molecular formula is C29H38Cl2N2O2. The molecule has 4 rings (SSSR count). The second kappa shape index (κ2) is 15.8. The summed E-state index contributed by atoms with van der Waals surface area (Å²) in [4.78, 5) is 5.12. The number of nitrogens with zero attached hydrogens (tertiary/aromatic N) is 2. The summed E-state index contributed by atoms with van der Waals surface area (Å²) in [6, 6.07) is 27.0. The number of para-hydroxylation sites is 2. The number of aryl methyl sites for hydroxylation is 2. The first kappa shape index (κ1) is 29.2. The molecule has 190 valence electrons. The van der Waals surface area contributed by atoms with Gasteiger partial charge in [-0.15, -0.1) is 24.8 Å². The normalized spacial score (nSPS) is 14.1. The van der Waals surface area contributed by atoms with E-state index < -0.39 is 0 Å². The third-order valence-corrected chi connectivity index (χ3v) is 6.28. The van der Waals surface area contributed by atoms with E-state index in [2.05, 4.69) is 47.1 Å². The van der Waals surface area contributed by atoms with Crippen LogP contribution in [0.15, 0.2) is 78.9 Å². The van der Waals surface area contributed by atoms with Gasteiger partial charge in [0.25, 0.3) is 0 Å². The van der Waals surface area contributed by atoms with E-state index in [1.165, 1.54) is 30.5 Å². The fraction of sp³-hybridized carbons (Fsp3) is 0.379. The Hall–Kier alpha value is -2.08. The number of piperazine rings is 1. The van der Waals surface area contributed by atoms with Crippen LogP contribution in [0.5, 0.6) is 11.5 Å². The Morgan fingerprint density at radius 3 is 2.06 bits per heavy atom. The van der Waals surface area contributed by atoms with Crippen LogP contribution in [0.3, 0.4) is 0 Å². The third kappa shape index (κ3) is 9.83. The lowest BCUT2D eigenvalue weighted by molar-refractivity contribution is 0.0676. The summed E-state index contributed by atoms with van der Waals surface area (Å²) in [7, 11) is 0. The molecule has 6 heteroatoms. The lowest BCUT2D eigenvalue weighted by Gasteiger charge is -2.34. The zero-order valence-electron chi connectivity index (χ0n) is 20.6. The van der Waals surface area contributed by atoms with E-state index in [9.17, 15) is 0 Å². The summed E-state index contributed by atoms with van der Waals surface area (Å²) >= 11 is 0. The van der Waals surface area contributed by atoms with Gasteiger partial charge in [-0.2, -0.15) is 0 Å². The molecule has 0 saturated carbocycles. The van der Waals surface area contributed by atoms with Crippen molar-refractivity contribution in [2.75, 3.05) is 45.9 Å². The van der Waals surface area contributed by atoms with Crippen molar-refractivity contribution in [2.45, 2.75) is 26.4 Å². The van der Waals surface area contributed by atoms with Crippen LogP contribution in [0.2, 0.25) is 0 Å². The lowest BCUT2D eigenvalue weighted by Crippen LogP contribution is -2.47. The van der Waals surface area contributed by atoms with Gasteiger partial charge < -0.3 is 14.4 Å². The van der Waals surface area contributed by atoms with Crippen LogP contribution >= 0.6 is 24.8 Å². The van der Waals surface area contributed by atoms with E-state index in [1.54, 1.807) is 0 Å². The maximum atomic E-state index is 6.04. The van der Waals surface area contributed by atoms with Gasteiger partial charge in [-0.3, -0.25) is 4.90 Å². The van der Waals surface area contributed by atoms with E-state index in [-0.39, 0.29) is 24.8 Å². The maximum absolute atomic E-state index is 6.04. The lowest BCUT2D eigenvalue weighted by atomic mass is 10.1. The first-order valence-electron chi connectivity index (χ1n) is 12.1. The SMILES string of the molecule is Cc1ccc(CCCN2CCN(CCOCc3ccccc3Oc3ccccc3)CC2)cc1.Cl.Cl. The Morgan fingerprint density at radius 1 is 0.714 bits per heavy atom. The standard InChI is InChI=1S/C29H36N2O2.2ClH/c1-25-13-15-26(16-14-25)8-7-17-30-18-20-31(21-19-30)22-23-32-24-27-9-5-6-12-29(27)33-28-10-3-2-4-11-28;;/h2-6,9-16H,7-8,17-24H2,1H3;2*1H. The molecule has 3 aromatic carbocycles. The van der Waals surface area contributed by atoms with E-state index in [4.69, 9.17) is 9.47 Å². The average Bonchev–Trinajstić information content (AvgIpc) is 2.85. The fourth-order valence-corrected chi connectivity index (χ4v) is 4.21. The van der Waals surface area contributed by atoms with Crippen LogP contribution < -0.4 is 4.74 Å². The highest BCUT2D eigenvalue weighted by molar-refractivity contribution is 5.85. The minimum Gasteiger partial charge on any atom is -0.457 e. The number of hydrogen-bond acceptors (Lipinski definition) is 4. The van der Waals surface area contributed by atoms with Crippen LogP contribution in [0.1, 0.15) is 23.1 Å². The molecule has 35 heavy (non-hydrogen) atoms. The predicted octanol–water partition coefficient (Wildman–Crippen LogP) is 6.40. The van der Waals surface area contributed by atoms with Crippen LogP contribution in [-0.4, -0.2) is 55.7 Å². The molecular weight excluding hydrogens is 479 g/mol. The summed E-state index contributed by atoms with van der Waals surface area (Å²) in [6.45, 7) is 10.2. The molecule has 0 radical (unpaired) electrons. The van der Waals surface area contributed by atoms with Gasteiger partial charge in [-0.25, -0.2) is 0 Å².